The van der Waals surface area contributed by atoms with Gasteiger partial charge in [-0.3, -0.25) is 4.79 Å². The van der Waals surface area contributed by atoms with Gasteiger partial charge in [0.05, 0.1) is 5.54 Å². The van der Waals surface area contributed by atoms with Crippen molar-refractivity contribution in [1.82, 2.24) is 5.32 Å². The van der Waals surface area contributed by atoms with Crippen molar-refractivity contribution in [2.24, 2.45) is 11.7 Å². The zero-order valence-corrected chi connectivity index (χ0v) is 10.1. The molecule has 0 aliphatic heterocycles. The molecule has 1 amide bonds. The second-order valence-corrected chi connectivity index (χ2v) is 5.59. The summed E-state index contributed by atoms with van der Waals surface area (Å²) in [6.45, 7) is 0.601. The summed E-state index contributed by atoms with van der Waals surface area (Å²) in [6.07, 6.45) is 10.4. The van der Waals surface area contributed by atoms with Gasteiger partial charge in [-0.25, -0.2) is 0 Å². The molecule has 0 aromatic carbocycles. The third kappa shape index (κ3) is 2.76. The highest BCUT2D eigenvalue weighted by Gasteiger charge is 2.33. The number of hydrogen-bond acceptors (Lipinski definition) is 2. The number of rotatable bonds is 4. The number of hydrogen-bond donors (Lipinski definition) is 2. The number of carbonyl (C=O) groups is 1. The van der Waals surface area contributed by atoms with Crippen molar-refractivity contribution < 1.29 is 4.79 Å². The maximum atomic E-state index is 11.9. The standard InChI is InChI=1S/C13H24N2O/c14-10-13(7-2-1-3-8-13)15-12(16)9-11-5-4-6-11/h11H,1-10,14H2,(H,15,16). The Balaban J connectivity index is 1.82. The Labute approximate surface area is 98.2 Å². The van der Waals surface area contributed by atoms with Crippen LogP contribution in [0, 0.1) is 5.92 Å². The van der Waals surface area contributed by atoms with Crippen LogP contribution in [0.15, 0.2) is 0 Å². The van der Waals surface area contributed by atoms with Crippen LogP contribution in [0.4, 0.5) is 0 Å². The predicted octanol–water partition coefficient (Wildman–Crippen LogP) is 1.95. The molecule has 2 aliphatic carbocycles. The summed E-state index contributed by atoms with van der Waals surface area (Å²) in [5, 5.41) is 3.22. The summed E-state index contributed by atoms with van der Waals surface area (Å²) in [5.74, 6) is 0.885. The Hall–Kier alpha value is -0.570. The van der Waals surface area contributed by atoms with Crippen molar-refractivity contribution in [1.29, 1.82) is 0 Å². The molecule has 3 heteroatoms. The third-order valence-electron chi connectivity index (χ3n) is 4.30. The first kappa shape index (κ1) is 11.9. The van der Waals surface area contributed by atoms with Gasteiger partial charge in [0.15, 0.2) is 0 Å². The van der Waals surface area contributed by atoms with Gasteiger partial charge in [0.25, 0.3) is 0 Å². The highest BCUT2D eigenvalue weighted by atomic mass is 16.1. The van der Waals surface area contributed by atoms with Crippen LogP contribution in [-0.2, 0) is 4.79 Å². The first-order valence-electron chi connectivity index (χ1n) is 6.75. The Morgan fingerprint density at radius 3 is 2.38 bits per heavy atom. The smallest absolute Gasteiger partial charge is 0.220 e. The van der Waals surface area contributed by atoms with E-state index < -0.39 is 0 Å². The normalized spacial score (nSPS) is 24.8. The van der Waals surface area contributed by atoms with E-state index in [1.807, 2.05) is 0 Å². The van der Waals surface area contributed by atoms with Crippen LogP contribution < -0.4 is 11.1 Å². The molecule has 0 bridgehead atoms. The fourth-order valence-corrected chi connectivity index (χ4v) is 2.91. The predicted molar refractivity (Wildman–Crippen MR) is 65.0 cm³/mol. The summed E-state index contributed by atoms with van der Waals surface area (Å²) < 4.78 is 0. The molecule has 0 spiro atoms. The van der Waals surface area contributed by atoms with Gasteiger partial charge in [0, 0.05) is 13.0 Å². The Morgan fingerprint density at radius 1 is 1.19 bits per heavy atom. The Bertz CT molecular complexity index is 242. The lowest BCUT2D eigenvalue weighted by Crippen LogP contribution is -2.55. The van der Waals surface area contributed by atoms with Crippen LogP contribution in [0.5, 0.6) is 0 Å². The maximum Gasteiger partial charge on any atom is 0.220 e. The second kappa shape index (κ2) is 5.17. The SMILES string of the molecule is NCC1(NC(=O)CC2CCC2)CCCCC1. The number of nitrogens with two attached hydrogens (primary N) is 1. The van der Waals surface area contributed by atoms with Crippen molar-refractivity contribution in [2.75, 3.05) is 6.54 Å². The molecule has 2 saturated carbocycles. The summed E-state index contributed by atoms with van der Waals surface area (Å²) >= 11 is 0. The minimum atomic E-state index is -0.0704. The topological polar surface area (TPSA) is 55.1 Å². The van der Waals surface area contributed by atoms with Gasteiger partial charge in [-0.05, 0) is 31.6 Å². The molecule has 0 radical (unpaired) electrons. The van der Waals surface area contributed by atoms with Crippen LogP contribution in [0.1, 0.15) is 57.8 Å². The minimum Gasteiger partial charge on any atom is -0.349 e. The quantitative estimate of drug-likeness (QED) is 0.767. The van der Waals surface area contributed by atoms with E-state index in [-0.39, 0.29) is 11.4 Å². The Morgan fingerprint density at radius 2 is 1.88 bits per heavy atom. The van der Waals surface area contributed by atoms with Crippen molar-refractivity contribution in [3.05, 3.63) is 0 Å². The highest BCUT2D eigenvalue weighted by molar-refractivity contribution is 5.77. The molecule has 0 aromatic rings. The molecule has 0 atom stereocenters. The van der Waals surface area contributed by atoms with Crippen molar-refractivity contribution in [3.63, 3.8) is 0 Å². The molecular weight excluding hydrogens is 200 g/mol. The van der Waals surface area contributed by atoms with E-state index in [2.05, 4.69) is 5.32 Å². The molecule has 3 N–H and O–H groups in total. The first-order valence-corrected chi connectivity index (χ1v) is 6.75. The van der Waals surface area contributed by atoms with Crippen LogP contribution in [0.3, 0.4) is 0 Å². The molecule has 0 unspecified atom stereocenters. The number of nitrogens with one attached hydrogen (secondary N) is 1. The van der Waals surface area contributed by atoms with Gasteiger partial charge < -0.3 is 11.1 Å². The number of amides is 1. The molecule has 2 fully saturated rings. The van der Waals surface area contributed by atoms with E-state index in [9.17, 15) is 4.79 Å². The summed E-state index contributed by atoms with van der Waals surface area (Å²) in [7, 11) is 0. The van der Waals surface area contributed by atoms with Crippen LogP contribution >= 0.6 is 0 Å². The maximum absolute atomic E-state index is 11.9. The zero-order chi connectivity index (χ0) is 11.4. The van der Waals surface area contributed by atoms with Gasteiger partial charge in [0.1, 0.15) is 0 Å². The monoisotopic (exact) mass is 224 g/mol. The second-order valence-electron chi connectivity index (χ2n) is 5.59. The van der Waals surface area contributed by atoms with Crippen LogP contribution in [0.2, 0.25) is 0 Å². The zero-order valence-electron chi connectivity index (χ0n) is 10.1. The van der Waals surface area contributed by atoms with E-state index in [1.165, 1.54) is 38.5 Å². The van der Waals surface area contributed by atoms with Crippen molar-refractivity contribution in [3.8, 4) is 0 Å². The lowest BCUT2D eigenvalue weighted by atomic mass is 9.80. The van der Waals surface area contributed by atoms with Gasteiger partial charge >= 0.3 is 0 Å². The fraction of sp³-hybridized carbons (Fsp3) is 0.923. The molecular formula is C13H24N2O. The molecule has 92 valence electrons. The molecule has 16 heavy (non-hydrogen) atoms. The van der Waals surface area contributed by atoms with Crippen LogP contribution in [-0.4, -0.2) is 18.0 Å². The average molecular weight is 224 g/mol. The van der Waals surface area contributed by atoms with E-state index >= 15 is 0 Å². The summed E-state index contributed by atoms with van der Waals surface area (Å²) in [4.78, 5) is 11.9. The number of carbonyl (C=O) groups excluding carboxylic acids is 1. The first-order chi connectivity index (χ1) is 7.74. The lowest BCUT2D eigenvalue weighted by Gasteiger charge is -2.38. The Kier molecular flexibility index (Phi) is 3.85. The molecule has 2 rings (SSSR count). The summed E-state index contributed by atoms with van der Waals surface area (Å²) in [5.41, 5.74) is 5.78. The lowest BCUT2D eigenvalue weighted by molar-refractivity contribution is -0.124. The van der Waals surface area contributed by atoms with Gasteiger partial charge in [-0.1, -0.05) is 25.7 Å². The fourth-order valence-electron chi connectivity index (χ4n) is 2.91. The summed E-state index contributed by atoms with van der Waals surface area (Å²) in [6, 6.07) is 0. The molecule has 0 heterocycles. The molecule has 0 saturated heterocycles. The van der Waals surface area contributed by atoms with E-state index in [4.69, 9.17) is 5.73 Å². The van der Waals surface area contributed by atoms with Crippen LogP contribution in [0.25, 0.3) is 0 Å². The molecule has 0 aromatic heterocycles. The largest absolute Gasteiger partial charge is 0.349 e. The van der Waals surface area contributed by atoms with E-state index in [0.29, 0.717) is 12.5 Å². The van der Waals surface area contributed by atoms with Gasteiger partial charge in [-0.2, -0.15) is 0 Å². The average Bonchev–Trinajstić information content (AvgIpc) is 2.25. The third-order valence-corrected chi connectivity index (χ3v) is 4.30. The molecule has 2 aliphatic rings. The van der Waals surface area contributed by atoms with Gasteiger partial charge in [-0.15, -0.1) is 0 Å². The minimum absolute atomic E-state index is 0.0704. The highest BCUT2D eigenvalue weighted by Crippen LogP contribution is 2.31. The van der Waals surface area contributed by atoms with Gasteiger partial charge in [0.2, 0.25) is 5.91 Å². The van der Waals surface area contributed by atoms with E-state index in [1.54, 1.807) is 0 Å². The molecule has 3 nitrogen and oxygen atoms in total. The van der Waals surface area contributed by atoms with Crippen molar-refractivity contribution in [2.45, 2.75) is 63.3 Å². The van der Waals surface area contributed by atoms with E-state index in [0.717, 1.165) is 19.3 Å². The van der Waals surface area contributed by atoms with Crippen molar-refractivity contribution >= 4 is 5.91 Å².